The summed E-state index contributed by atoms with van der Waals surface area (Å²) in [7, 11) is 1.18. The van der Waals surface area contributed by atoms with Crippen molar-refractivity contribution >= 4 is 10.8 Å². The highest BCUT2D eigenvalue weighted by atomic mass is 19.1. The van der Waals surface area contributed by atoms with Gasteiger partial charge in [0.1, 0.15) is 5.82 Å². The molecule has 156 valence electrons. The first-order chi connectivity index (χ1) is 15.0. The topological polar surface area (TPSA) is 9.23 Å². The highest BCUT2D eigenvalue weighted by Gasteiger charge is 2.15. The minimum atomic E-state index is -0.872. The molecule has 0 amide bonds. The average molecular weight is 418 g/mol. The van der Waals surface area contributed by atoms with E-state index in [4.69, 9.17) is 0 Å². The SMILES string of the molecule is C=CCCc1ccc2cc(-c3ccc(-c4cc(F)c(OC)c(F)c4)c(F)c3)ccc2c1. The van der Waals surface area contributed by atoms with Crippen LogP contribution in [0.5, 0.6) is 5.75 Å². The smallest absolute Gasteiger partial charge is 0.190 e. The van der Waals surface area contributed by atoms with Gasteiger partial charge in [0, 0.05) is 5.56 Å². The molecule has 0 aromatic heterocycles. The third-order valence-electron chi connectivity index (χ3n) is 5.36. The molecule has 0 spiro atoms. The van der Waals surface area contributed by atoms with Gasteiger partial charge in [-0.2, -0.15) is 0 Å². The van der Waals surface area contributed by atoms with E-state index in [1.54, 1.807) is 6.07 Å². The molecule has 4 aromatic carbocycles. The van der Waals surface area contributed by atoms with E-state index in [2.05, 4.69) is 29.5 Å². The molecule has 4 heteroatoms. The van der Waals surface area contributed by atoms with Crippen LogP contribution in [0.25, 0.3) is 33.0 Å². The number of aryl methyl sites for hydroxylation is 1. The van der Waals surface area contributed by atoms with Gasteiger partial charge in [-0.25, -0.2) is 13.2 Å². The number of fused-ring (bicyclic) bond motifs is 1. The van der Waals surface area contributed by atoms with Gasteiger partial charge in [0.2, 0.25) is 0 Å². The third-order valence-corrected chi connectivity index (χ3v) is 5.36. The van der Waals surface area contributed by atoms with Crippen molar-refractivity contribution in [3.05, 3.63) is 102 Å². The summed E-state index contributed by atoms with van der Waals surface area (Å²) in [6.07, 6.45) is 3.78. The van der Waals surface area contributed by atoms with Crippen LogP contribution in [0.3, 0.4) is 0 Å². The van der Waals surface area contributed by atoms with E-state index in [1.807, 2.05) is 24.3 Å². The lowest BCUT2D eigenvalue weighted by Gasteiger charge is -2.10. The summed E-state index contributed by atoms with van der Waals surface area (Å²) in [4.78, 5) is 0. The molecule has 0 bridgehead atoms. The standard InChI is InChI=1S/C27H21F3O/c1-3-4-5-17-6-7-19-13-20(9-8-18(19)12-17)21-10-11-23(24(28)14-21)22-15-25(29)27(31-2)26(30)16-22/h3,6-16H,1,4-5H2,2H3. The molecule has 0 saturated heterocycles. The predicted molar refractivity (Wildman–Crippen MR) is 120 cm³/mol. The highest BCUT2D eigenvalue weighted by molar-refractivity contribution is 5.88. The Morgan fingerprint density at radius 1 is 0.742 bits per heavy atom. The van der Waals surface area contributed by atoms with E-state index in [1.165, 1.54) is 24.8 Å². The van der Waals surface area contributed by atoms with Gasteiger partial charge in [-0.3, -0.25) is 0 Å². The van der Waals surface area contributed by atoms with Gasteiger partial charge in [0.05, 0.1) is 7.11 Å². The van der Waals surface area contributed by atoms with E-state index >= 15 is 0 Å². The average Bonchev–Trinajstić information content (AvgIpc) is 2.77. The molecule has 0 atom stereocenters. The maximum absolute atomic E-state index is 14.9. The van der Waals surface area contributed by atoms with Crippen LogP contribution in [0.2, 0.25) is 0 Å². The Bertz CT molecular complexity index is 1250. The van der Waals surface area contributed by atoms with Crippen molar-refractivity contribution in [3.8, 4) is 28.0 Å². The fourth-order valence-electron chi connectivity index (χ4n) is 3.74. The largest absolute Gasteiger partial charge is 0.491 e. The summed E-state index contributed by atoms with van der Waals surface area (Å²) < 4.78 is 47.6. The molecule has 0 fully saturated rings. The zero-order valence-corrected chi connectivity index (χ0v) is 17.1. The quantitative estimate of drug-likeness (QED) is 0.291. The lowest BCUT2D eigenvalue weighted by molar-refractivity contribution is 0.360. The lowest BCUT2D eigenvalue weighted by atomic mass is 9.96. The number of allylic oxidation sites excluding steroid dienone is 1. The zero-order valence-electron chi connectivity index (χ0n) is 17.1. The van der Waals surface area contributed by atoms with Crippen LogP contribution >= 0.6 is 0 Å². The van der Waals surface area contributed by atoms with Crippen LogP contribution in [0.1, 0.15) is 12.0 Å². The van der Waals surface area contributed by atoms with E-state index < -0.39 is 23.2 Å². The van der Waals surface area contributed by atoms with E-state index in [9.17, 15) is 13.2 Å². The molecular weight excluding hydrogens is 397 g/mol. The van der Waals surface area contributed by atoms with Gasteiger partial charge in [0.15, 0.2) is 17.4 Å². The molecule has 0 radical (unpaired) electrons. The second kappa shape index (κ2) is 8.68. The van der Waals surface area contributed by atoms with Crippen LogP contribution in [0, 0.1) is 17.5 Å². The number of halogens is 3. The Labute approximate surface area is 179 Å². The summed E-state index contributed by atoms with van der Waals surface area (Å²) in [5, 5.41) is 2.18. The molecule has 31 heavy (non-hydrogen) atoms. The molecular formula is C27H21F3O. The third kappa shape index (κ3) is 4.19. The molecule has 0 saturated carbocycles. The summed E-state index contributed by atoms with van der Waals surface area (Å²) in [6.45, 7) is 3.76. The number of benzene rings is 4. The predicted octanol–water partition coefficient (Wildman–Crippen LogP) is 7.72. The number of methoxy groups -OCH3 is 1. The van der Waals surface area contributed by atoms with Crippen LogP contribution in [-0.2, 0) is 6.42 Å². The summed E-state index contributed by atoms with van der Waals surface area (Å²) in [5.41, 5.74) is 3.04. The van der Waals surface area contributed by atoms with Gasteiger partial charge in [-0.15, -0.1) is 6.58 Å². The molecule has 4 rings (SSSR count). The van der Waals surface area contributed by atoms with Gasteiger partial charge < -0.3 is 4.74 Å². The normalized spacial score (nSPS) is 11.0. The molecule has 0 N–H and O–H groups in total. The molecule has 0 aliphatic carbocycles. The van der Waals surface area contributed by atoms with Crippen molar-refractivity contribution in [2.75, 3.05) is 7.11 Å². The van der Waals surface area contributed by atoms with Crippen molar-refractivity contribution in [2.24, 2.45) is 0 Å². The fourth-order valence-corrected chi connectivity index (χ4v) is 3.74. The van der Waals surface area contributed by atoms with Crippen LogP contribution < -0.4 is 4.74 Å². The fraction of sp³-hybridized carbons (Fsp3) is 0.111. The Balaban J connectivity index is 1.67. The molecule has 0 aliphatic rings. The van der Waals surface area contributed by atoms with Crippen molar-refractivity contribution in [1.82, 2.24) is 0 Å². The lowest BCUT2D eigenvalue weighted by Crippen LogP contribution is -1.95. The zero-order chi connectivity index (χ0) is 22.0. The highest BCUT2D eigenvalue weighted by Crippen LogP contribution is 2.33. The van der Waals surface area contributed by atoms with Gasteiger partial charge >= 0.3 is 0 Å². The first kappa shape index (κ1) is 20.7. The van der Waals surface area contributed by atoms with Crippen molar-refractivity contribution < 1.29 is 17.9 Å². The maximum Gasteiger partial charge on any atom is 0.190 e. The molecule has 0 heterocycles. The summed E-state index contributed by atoms with van der Waals surface area (Å²) in [6, 6.07) is 19.1. The summed E-state index contributed by atoms with van der Waals surface area (Å²) >= 11 is 0. The second-order valence-corrected chi connectivity index (χ2v) is 7.39. The van der Waals surface area contributed by atoms with E-state index in [-0.39, 0.29) is 11.1 Å². The summed E-state index contributed by atoms with van der Waals surface area (Å²) in [5.74, 6) is -2.78. The van der Waals surface area contributed by atoms with Crippen LogP contribution in [0.15, 0.2) is 79.4 Å². The molecule has 4 aromatic rings. The number of hydrogen-bond acceptors (Lipinski definition) is 1. The first-order valence-electron chi connectivity index (χ1n) is 9.97. The Morgan fingerprint density at radius 2 is 1.35 bits per heavy atom. The molecule has 1 nitrogen and oxygen atoms in total. The number of rotatable bonds is 6. The van der Waals surface area contributed by atoms with E-state index in [0.717, 1.165) is 41.3 Å². The second-order valence-electron chi connectivity index (χ2n) is 7.39. The van der Waals surface area contributed by atoms with Crippen molar-refractivity contribution in [1.29, 1.82) is 0 Å². The maximum atomic E-state index is 14.9. The Kier molecular flexibility index (Phi) is 5.81. The van der Waals surface area contributed by atoms with Crippen molar-refractivity contribution in [2.45, 2.75) is 12.8 Å². The van der Waals surface area contributed by atoms with Gasteiger partial charge in [-0.1, -0.05) is 48.5 Å². The number of hydrogen-bond donors (Lipinski definition) is 0. The Hall–Kier alpha value is -3.53. The van der Waals surface area contributed by atoms with Gasteiger partial charge in [-0.05, 0) is 70.1 Å². The number of ether oxygens (including phenoxy) is 1. The van der Waals surface area contributed by atoms with E-state index in [0.29, 0.717) is 5.56 Å². The Morgan fingerprint density at radius 3 is 2.03 bits per heavy atom. The first-order valence-corrected chi connectivity index (χ1v) is 9.97. The molecule has 0 aliphatic heterocycles. The minimum Gasteiger partial charge on any atom is -0.491 e. The monoisotopic (exact) mass is 418 g/mol. The van der Waals surface area contributed by atoms with Gasteiger partial charge in [0.25, 0.3) is 0 Å². The van der Waals surface area contributed by atoms with Crippen LogP contribution in [0.4, 0.5) is 13.2 Å². The van der Waals surface area contributed by atoms with Crippen LogP contribution in [-0.4, -0.2) is 7.11 Å². The minimum absolute atomic E-state index is 0.116. The molecule has 0 unspecified atom stereocenters. The van der Waals surface area contributed by atoms with Crippen molar-refractivity contribution in [3.63, 3.8) is 0 Å².